The Morgan fingerprint density at radius 1 is 0.636 bits per heavy atom. The fourth-order valence-electron chi connectivity index (χ4n) is 5.90. The number of hydrogen-bond acceptors (Lipinski definition) is 3. The van der Waals surface area contributed by atoms with Crippen molar-refractivity contribution < 1.29 is 14.4 Å². The lowest BCUT2D eigenvalue weighted by atomic mass is 9.88. The molecule has 2 atom stereocenters. The maximum atomic E-state index is 13.2. The van der Waals surface area contributed by atoms with Crippen LogP contribution in [0.4, 0.5) is 0 Å². The normalized spacial score (nSPS) is 22.8. The molecule has 6 nitrogen and oxygen atoms in total. The molecule has 3 aliphatic carbocycles. The Bertz CT molecular complexity index is 620. The van der Waals surface area contributed by atoms with Crippen molar-refractivity contribution in [3.05, 3.63) is 0 Å². The highest BCUT2D eigenvalue weighted by atomic mass is 16.2. The van der Waals surface area contributed by atoms with Gasteiger partial charge in [0.25, 0.3) is 0 Å². The van der Waals surface area contributed by atoms with Gasteiger partial charge in [0.1, 0.15) is 0 Å². The van der Waals surface area contributed by atoms with E-state index >= 15 is 0 Å². The Hall–Kier alpha value is -1.59. The summed E-state index contributed by atoms with van der Waals surface area (Å²) < 4.78 is 0. The predicted molar refractivity (Wildman–Crippen MR) is 132 cm³/mol. The van der Waals surface area contributed by atoms with Gasteiger partial charge in [-0.25, -0.2) is 0 Å². The molecule has 0 saturated heterocycles. The average molecular weight is 462 g/mol. The minimum absolute atomic E-state index is 0.0321. The van der Waals surface area contributed by atoms with E-state index in [9.17, 15) is 14.4 Å². The van der Waals surface area contributed by atoms with E-state index in [4.69, 9.17) is 0 Å². The van der Waals surface area contributed by atoms with Crippen LogP contribution in [0.3, 0.4) is 0 Å². The summed E-state index contributed by atoms with van der Waals surface area (Å²) in [6, 6.07) is 0.821. The number of rotatable bonds is 10. The molecule has 3 saturated carbocycles. The lowest BCUT2D eigenvalue weighted by Crippen LogP contribution is -2.43. The SMILES string of the molecule is CC(CC(CCC(=O)NC1CCCCC1)C(=O)NC1CCCCC1)C(=O)NC1CCCCC1. The van der Waals surface area contributed by atoms with Gasteiger partial charge in [0.2, 0.25) is 17.7 Å². The van der Waals surface area contributed by atoms with Crippen molar-refractivity contribution in [2.24, 2.45) is 11.8 Å². The third-order valence-corrected chi connectivity index (χ3v) is 8.05. The molecule has 3 rings (SSSR count). The van der Waals surface area contributed by atoms with E-state index in [0.717, 1.165) is 38.5 Å². The second-order valence-corrected chi connectivity index (χ2v) is 11.0. The highest BCUT2D eigenvalue weighted by Gasteiger charge is 2.29. The van der Waals surface area contributed by atoms with Crippen molar-refractivity contribution in [2.75, 3.05) is 0 Å². The predicted octanol–water partition coefficient (Wildman–Crippen LogP) is 4.76. The van der Waals surface area contributed by atoms with Gasteiger partial charge in [-0.15, -0.1) is 0 Å². The lowest BCUT2D eigenvalue weighted by Gasteiger charge is -2.28. The number of amides is 3. The molecule has 188 valence electrons. The van der Waals surface area contributed by atoms with E-state index < -0.39 is 0 Å². The van der Waals surface area contributed by atoms with Gasteiger partial charge in [-0.2, -0.15) is 0 Å². The Morgan fingerprint density at radius 2 is 1.06 bits per heavy atom. The summed E-state index contributed by atoms with van der Waals surface area (Å²) in [6.07, 6.45) is 18.5. The molecule has 2 unspecified atom stereocenters. The van der Waals surface area contributed by atoms with Gasteiger partial charge in [-0.1, -0.05) is 64.7 Å². The van der Waals surface area contributed by atoms with Gasteiger partial charge in [0.15, 0.2) is 0 Å². The molecule has 0 radical (unpaired) electrons. The number of carbonyl (C=O) groups excluding carboxylic acids is 3. The molecular weight excluding hydrogens is 414 g/mol. The first-order valence-corrected chi connectivity index (χ1v) is 13.9. The smallest absolute Gasteiger partial charge is 0.223 e. The van der Waals surface area contributed by atoms with Crippen LogP contribution in [-0.2, 0) is 14.4 Å². The highest BCUT2D eigenvalue weighted by molar-refractivity contribution is 5.83. The second-order valence-electron chi connectivity index (χ2n) is 11.0. The van der Waals surface area contributed by atoms with Crippen molar-refractivity contribution >= 4 is 17.7 Å². The van der Waals surface area contributed by atoms with Crippen molar-refractivity contribution in [2.45, 2.75) is 141 Å². The Kier molecular flexibility index (Phi) is 11.0. The second kappa shape index (κ2) is 14.0. The average Bonchev–Trinajstić information content (AvgIpc) is 2.83. The number of carbonyl (C=O) groups is 3. The van der Waals surface area contributed by atoms with Gasteiger partial charge < -0.3 is 16.0 Å². The van der Waals surface area contributed by atoms with E-state index in [0.29, 0.717) is 25.3 Å². The maximum Gasteiger partial charge on any atom is 0.223 e. The van der Waals surface area contributed by atoms with Crippen LogP contribution in [0.25, 0.3) is 0 Å². The molecule has 0 bridgehead atoms. The molecule has 33 heavy (non-hydrogen) atoms. The van der Waals surface area contributed by atoms with E-state index in [1.165, 1.54) is 57.8 Å². The minimum Gasteiger partial charge on any atom is -0.353 e. The maximum absolute atomic E-state index is 13.2. The molecule has 0 aromatic rings. The van der Waals surface area contributed by atoms with E-state index in [2.05, 4.69) is 16.0 Å². The summed E-state index contributed by atoms with van der Waals surface area (Å²) in [7, 11) is 0. The van der Waals surface area contributed by atoms with Gasteiger partial charge >= 0.3 is 0 Å². The van der Waals surface area contributed by atoms with Crippen LogP contribution in [0.5, 0.6) is 0 Å². The third-order valence-electron chi connectivity index (χ3n) is 8.05. The van der Waals surface area contributed by atoms with Crippen LogP contribution < -0.4 is 16.0 Å². The molecule has 0 spiro atoms. The summed E-state index contributed by atoms with van der Waals surface area (Å²) in [5, 5.41) is 9.64. The molecule has 3 amide bonds. The zero-order chi connectivity index (χ0) is 23.5. The standard InChI is InChI=1S/C27H47N3O3/c1-20(26(32)29-23-13-7-3-8-14-23)19-21(27(33)30-24-15-9-4-10-16-24)17-18-25(31)28-22-11-5-2-6-12-22/h20-24H,2-19H2,1H3,(H,28,31)(H,29,32)(H,30,33). The Morgan fingerprint density at radius 3 is 1.55 bits per heavy atom. The molecule has 0 aromatic carbocycles. The summed E-state index contributed by atoms with van der Waals surface area (Å²) in [5.74, 6) is -0.378. The largest absolute Gasteiger partial charge is 0.353 e. The first kappa shape index (κ1) is 26.0. The van der Waals surface area contributed by atoms with Crippen LogP contribution in [0.15, 0.2) is 0 Å². The zero-order valence-electron chi connectivity index (χ0n) is 20.8. The van der Waals surface area contributed by atoms with Crippen LogP contribution in [0.2, 0.25) is 0 Å². The van der Waals surface area contributed by atoms with Gasteiger partial charge in [0.05, 0.1) is 0 Å². The first-order valence-electron chi connectivity index (χ1n) is 13.9. The molecule has 3 aliphatic rings. The highest BCUT2D eigenvalue weighted by Crippen LogP contribution is 2.24. The minimum atomic E-state index is -0.295. The van der Waals surface area contributed by atoms with Crippen LogP contribution in [0.1, 0.15) is 122 Å². The van der Waals surface area contributed by atoms with Crippen molar-refractivity contribution in [3.8, 4) is 0 Å². The Balaban J connectivity index is 1.51. The van der Waals surface area contributed by atoms with Crippen LogP contribution in [-0.4, -0.2) is 35.8 Å². The molecular formula is C27H47N3O3. The third kappa shape index (κ3) is 9.29. The first-order chi connectivity index (χ1) is 16.0. The van der Waals surface area contributed by atoms with Crippen LogP contribution in [0, 0.1) is 11.8 Å². The monoisotopic (exact) mass is 461 g/mol. The fourth-order valence-corrected chi connectivity index (χ4v) is 5.90. The number of nitrogens with one attached hydrogen (secondary N) is 3. The molecule has 3 N–H and O–H groups in total. The van der Waals surface area contributed by atoms with Gasteiger partial charge in [-0.3, -0.25) is 14.4 Å². The summed E-state index contributed by atoms with van der Waals surface area (Å²) in [4.78, 5) is 38.6. The van der Waals surface area contributed by atoms with Gasteiger partial charge in [0, 0.05) is 36.4 Å². The van der Waals surface area contributed by atoms with Gasteiger partial charge in [-0.05, 0) is 51.4 Å². The van der Waals surface area contributed by atoms with Crippen molar-refractivity contribution in [3.63, 3.8) is 0 Å². The summed E-state index contributed by atoms with van der Waals surface area (Å²) in [6.45, 7) is 1.93. The molecule has 0 heterocycles. The number of hydrogen-bond donors (Lipinski definition) is 3. The van der Waals surface area contributed by atoms with Crippen molar-refractivity contribution in [1.29, 1.82) is 0 Å². The topological polar surface area (TPSA) is 87.3 Å². The zero-order valence-corrected chi connectivity index (χ0v) is 20.8. The molecule has 3 fully saturated rings. The quantitative estimate of drug-likeness (QED) is 0.438. The lowest BCUT2D eigenvalue weighted by molar-refractivity contribution is -0.129. The van der Waals surface area contributed by atoms with Crippen molar-refractivity contribution in [1.82, 2.24) is 16.0 Å². The fraction of sp³-hybridized carbons (Fsp3) is 0.889. The molecule has 6 heteroatoms. The molecule has 0 aromatic heterocycles. The Labute approximate surface area is 200 Å². The molecule has 0 aliphatic heterocycles. The van der Waals surface area contributed by atoms with E-state index in [1.54, 1.807) is 0 Å². The van der Waals surface area contributed by atoms with E-state index in [-0.39, 0.29) is 41.6 Å². The summed E-state index contributed by atoms with van der Waals surface area (Å²) in [5.41, 5.74) is 0. The van der Waals surface area contributed by atoms with E-state index in [1.807, 2.05) is 6.92 Å². The van der Waals surface area contributed by atoms with Crippen LogP contribution >= 0.6 is 0 Å². The summed E-state index contributed by atoms with van der Waals surface area (Å²) >= 11 is 0.